The van der Waals surface area contributed by atoms with Gasteiger partial charge in [-0.25, -0.2) is 0 Å². The lowest BCUT2D eigenvalue weighted by molar-refractivity contribution is -0.119. The fourth-order valence-electron chi connectivity index (χ4n) is 3.86. The maximum absolute atomic E-state index is 12.9. The second-order valence-electron chi connectivity index (χ2n) is 7.17. The Morgan fingerprint density at radius 3 is 2.68 bits per heavy atom. The molecule has 1 fully saturated rings. The van der Waals surface area contributed by atoms with Gasteiger partial charge in [-0.05, 0) is 49.1 Å². The van der Waals surface area contributed by atoms with Crippen LogP contribution in [0, 0.1) is 0 Å². The van der Waals surface area contributed by atoms with Gasteiger partial charge in [-0.15, -0.1) is 4.40 Å². The van der Waals surface area contributed by atoms with E-state index in [1.165, 1.54) is 5.56 Å². The summed E-state index contributed by atoms with van der Waals surface area (Å²) in [4.78, 5) is 14.9. The molecule has 4 rings (SSSR count). The molecule has 0 spiro atoms. The number of anilines is 1. The Balaban J connectivity index is 1.55. The lowest BCUT2D eigenvalue weighted by Gasteiger charge is -2.25. The molecule has 6 nitrogen and oxygen atoms in total. The third-order valence-corrected chi connectivity index (χ3v) is 6.53. The summed E-state index contributed by atoms with van der Waals surface area (Å²) >= 11 is 0. The summed E-state index contributed by atoms with van der Waals surface area (Å²) in [6, 6.07) is 14.2. The van der Waals surface area contributed by atoms with E-state index in [1.807, 2.05) is 29.2 Å². The molecule has 1 N–H and O–H groups in total. The lowest BCUT2D eigenvalue weighted by Crippen LogP contribution is -2.43. The summed E-state index contributed by atoms with van der Waals surface area (Å²) in [5.74, 6) is 0.247. The highest BCUT2D eigenvalue weighted by Crippen LogP contribution is 2.31. The number of fused-ring (bicyclic) bond motifs is 1. The Kier molecular flexibility index (Phi) is 4.93. The Hall–Kier alpha value is -2.67. The molecule has 2 aromatic carbocycles. The normalized spacial score (nSPS) is 20.0. The first kappa shape index (κ1) is 18.7. The Morgan fingerprint density at radius 1 is 1.18 bits per heavy atom. The highest BCUT2D eigenvalue weighted by molar-refractivity contribution is 7.90. The fraction of sp³-hybridized carbons (Fsp3) is 0.333. The van der Waals surface area contributed by atoms with Crippen LogP contribution in [0.3, 0.4) is 0 Å². The largest absolute Gasteiger partial charge is 0.343 e. The number of hydrogen-bond acceptors (Lipinski definition) is 4. The van der Waals surface area contributed by atoms with Gasteiger partial charge in [0.2, 0.25) is 5.91 Å². The van der Waals surface area contributed by atoms with Crippen LogP contribution >= 0.6 is 0 Å². The lowest BCUT2D eigenvalue weighted by atomic mass is 10.1. The first-order chi connectivity index (χ1) is 13.5. The van der Waals surface area contributed by atoms with Crippen molar-refractivity contribution in [3.63, 3.8) is 0 Å². The molecule has 28 heavy (non-hydrogen) atoms. The molecule has 2 aromatic rings. The quantitative estimate of drug-likeness (QED) is 0.859. The Bertz CT molecular complexity index is 1030. The summed E-state index contributed by atoms with van der Waals surface area (Å²) in [6.45, 7) is 2.74. The van der Waals surface area contributed by atoms with E-state index in [-0.39, 0.29) is 10.8 Å². The molecule has 2 aliphatic rings. The molecule has 0 aromatic heterocycles. The van der Waals surface area contributed by atoms with Gasteiger partial charge in [0.25, 0.3) is 10.0 Å². The topological polar surface area (TPSA) is 78.8 Å². The van der Waals surface area contributed by atoms with E-state index in [0.717, 1.165) is 24.9 Å². The average molecular weight is 398 g/mol. The van der Waals surface area contributed by atoms with Crippen LogP contribution < -0.4 is 5.32 Å². The highest BCUT2D eigenvalue weighted by Gasteiger charge is 2.39. The number of amides is 1. The number of carbonyl (C=O) groups is 1. The third-order valence-electron chi connectivity index (χ3n) is 5.20. The number of sulfonamides is 1. The van der Waals surface area contributed by atoms with Crippen molar-refractivity contribution < 1.29 is 13.2 Å². The number of benzene rings is 2. The second kappa shape index (κ2) is 7.39. The Labute approximate surface area is 165 Å². The van der Waals surface area contributed by atoms with Crippen molar-refractivity contribution in [2.75, 3.05) is 11.9 Å². The summed E-state index contributed by atoms with van der Waals surface area (Å²) < 4.78 is 28.7. The highest BCUT2D eigenvalue weighted by atomic mass is 32.2. The number of rotatable bonds is 4. The van der Waals surface area contributed by atoms with Gasteiger partial charge in [0.1, 0.15) is 10.9 Å². The molecule has 7 heteroatoms. The monoisotopic (exact) mass is 397 g/mol. The standard InChI is InChI=1S/C21H23N3O3S/c1-2-6-15-10-12-16(13-11-15)22-21(25)18-8-5-14-24(18)20-17-7-3-4-9-19(17)28(26,27)23-20/h3-4,7,9-13,18H,2,5-6,8,14H2,1H3,(H,22,25)/t18-/m0/s1. The van der Waals surface area contributed by atoms with E-state index in [2.05, 4.69) is 16.6 Å². The van der Waals surface area contributed by atoms with Gasteiger partial charge < -0.3 is 10.2 Å². The first-order valence-corrected chi connectivity index (χ1v) is 11.0. The molecule has 0 unspecified atom stereocenters. The summed E-state index contributed by atoms with van der Waals surface area (Å²) in [5, 5.41) is 2.97. The number of carbonyl (C=O) groups excluding carboxylic acids is 1. The van der Waals surface area contributed by atoms with Gasteiger partial charge in [0.15, 0.2) is 5.84 Å². The molecule has 0 aliphatic carbocycles. The van der Waals surface area contributed by atoms with Crippen molar-refractivity contribution in [2.24, 2.45) is 4.40 Å². The molecule has 2 heterocycles. The molecular formula is C21H23N3O3S. The van der Waals surface area contributed by atoms with Crippen LogP contribution in [0.25, 0.3) is 0 Å². The molecule has 1 amide bonds. The van der Waals surface area contributed by atoms with Gasteiger partial charge in [0.05, 0.1) is 0 Å². The number of amidine groups is 1. The average Bonchev–Trinajstić information content (AvgIpc) is 3.27. The van der Waals surface area contributed by atoms with Crippen molar-refractivity contribution in [3.05, 3.63) is 59.7 Å². The summed E-state index contributed by atoms with van der Waals surface area (Å²) in [7, 11) is -3.70. The van der Waals surface area contributed by atoms with Crippen molar-refractivity contribution in [2.45, 2.75) is 43.5 Å². The number of aryl methyl sites for hydroxylation is 1. The number of nitrogens with zero attached hydrogens (tertiary/aromatic N) is 2. The van der Waals surface area contributed by atoms with E-state index >= 15 is 0 Å². The number of nitrogens with one attached hydrogen (secondary N) is 1. The van der Waals surface area contributed by atoms with Crippen molar-refractivity contribution in [1.82, 2.24) is 4.90 Å². The molecular weight excluding hydrogens is 374 g/mol. The zero-order valence-corrected chi connectivity index (χ0v) is 16.6. The van der Waals surface area contributed by atoms with Crippen molar-refractivity contribution in [1.29, 1.82) is 0 Å². The second-order valence-corrected chi connectivity index (χ2v) is 8.75. The molecule has 1 atom stereocenters. The van der Waals surface area contributed by atoms with Gasteiger partial charge in [-0.2, -0.15) is 8.42 Å². The van der Waals surface area contributed by atoms with E-state index in [1.54, 1.807) is 24.3 Å². The maximum Gasteiger partial charge on any atom is 0.285 e. The predicted octanol–water partition coefficient (Wildman–Crippen LogP) is 3.19. The minimum absolute atomic E-state index is 0.134. The van der Waals surface area contributed by atoms with E-state index in [0.29, 0.717) is 24.4 Å². The van der Waals surface area contributed by atoms with Crippen LogP contribution in [0.4, 0.5) is 5.69 Å². The first-order valence-electron chi connectivity index (χ1n) is 9.60. The fourth-order valence-corrected chi connectivity index (χ4v) is 5.07. The van der Waals surface area contributed by atoms with Crippen LogP contribution in [0.15, 0.2) is 57.8 Å². The smallest absolute Gasteiger partial charge is 0.285 e. The minimum atomic E-state index is -3.70. The number of hydrogen-bond donors (Lipinski definition) is 1. The molecule has 2 aliphatic heterocycles. The van der Waals surface area contributed by atoms with E-state index in [4.69, 9.17) is 0 Å². The molecule has 0 saturated carbocycles. The number of likely N-dealkylation sites (tertiary alicyclic amines) is 1. The van der Waals surface area contributed by atoms with Gasteiger partial charge in [-0.3, -0.25) is 4.79 Å². The van der Waals surface area contributed by atoms with Crippen LogP contribution in [0.1, 0.15) is 37.3 Å². The Morgan fingerprint density at radius 2 is 1.93 bits per heavy atom. The minimum Gasteiger partial charge on any atom is -0.343 e. The van der Waals surface area contributed by atoms with Crippen LogP contribution in [0.2, 0.25) is 0 Å². The van der Waals surface area contributed by atoms with Gasteiger partial charge in [0, 0.05) is 17.8 Å². The van der Waals surface area contributed by atoms with Crippen LogP contribution in [-0.2, 0) is 21.2 Å². The van der Waals surface area contributed by atoms with Gasteiger partial charge in [-0.1, -0.05) is 37.6 Å². The predicted molar refractivity (Wildman–Crippen MR) is 109 cm³/mol. The van der Waals surface area contributed by atoms with E-state index < -0.39 is 16.1 Å². The molecule has 0 bridgehead atoms. The van der Waals surface area contributed by atoms with E-state index in [9.17, 15) is 13.2 Å². The van der Waals surface area contributed by atoms with Crippen molar-refractivity contribution >= 4 is 27.5 Å². The zero-order valence-electron chi connectivity index (χ0n) is 15.8. The summed E-state index contributed by atoms with van der Waals surface area (Å²) in [5.41, 5.74) is 2.56. The molecule has 0 radical (unpaired) electrons. The van der Waals surface area contributed by atoms with Crippen LogP contribution in [0.5, 0.6) is 0 Å². The van der Waals surface area contributed by atoms with Crippen LogP contribution in [-0.4, -0.2) is 37.6 Å². The maximum atomic E-state index is 12.9. The molecule has 1 saturated heterocycles. The van der Waals surface area contributed by atoms with Crippen molar-refractivity contribution in [3.8, 4) is 0 Å². The zero-order chi connectivity index (χ0) is 19.7. The SMILES string of the molecule is CCCc1ccc(NC(=O)[C@@H]2CCCN2C2=NS(=O)(=O)c3ccccc32)cc1. The van der Waals surface area contributed by atoms with Gasteiger partial charge >= 0.3 is 0 Å². The third kappa shape index (κ3) is 3.42. The molecule has 146 valence electrons. The summed E-state index contributed by atoms with van der Waals surface area (Å²) in [6.07, 6.45) is 3.57.